The van der Waals surface area contributed by atoms with Crippen LogP contribution >= 0.6 is 12.4 Å². The van der Waals surface area contributed by atoms with Crippen LogP contribution < -0.4 is 15.8 Å². The average molecular weight is 313 g/mol. The summed E-state index contributed by atoms with van der Waals surface area (Å²) in [5, 5.41) is 3.06. The molecular formula is C16H25ClN2O2. The summed E-state index contributed by atoms with van der Waals surface area (Å²) in [4.78, 5) is 11.8. The second kappa shape index (κ2) is 8.90. The van der Waals surface area contributed by atoms with Gasteiger partial charge in [-0.3, -0.25) is 4.79 Å². The van der Waals surface area contributed by atoms with Gasteiger partial charge >= 0.3 is 0 Å². The minimum absolute atomic E-state index is 0. The Labute approximate surface area is 132 Å². The standard InChI is InChI=1S/C16H24N2O2.ClH/c1-12-3-2-4-15(11-12)20-10-9-16(19)18-14-7-5-13(17)6-8-14;/h2-4,11,13-14H,5-10,17H2,1H3,(H,18,19);1H. The third-order valence-corrected chi connectivity index (χ3v) is 3.72. The molecule has 0 spiro atoms. The number of carbonyl (C=O) groups is 1. The van der Waals surface area contributed by atoms with Crippen LogP contribution in [0.5, 0.6) is 5.75 Å². The third kappa shape index (κ3) is 6.36. The van der Waals surface area contributed by atoms with E-state index in [0.717, 1.165) is 37.0 Å². The summed E-state index contributed by atoms with van der Waals surface area (Å²) >= 11 is 0. The summed E-state index contributed by atoms with van der Waals surface area (Å²) in [6.45, 7) is 2.44. The van der Waals surface area contributed by atoms with E-state index in [9.17, 15) is 4.79 Å². The summed E-state index contributed by atoms with van der Waals surface area (Å²) in [5.41, 5.74) is 7.01. The van der Waals surface area contributed by atoms with Crippen molar-refractivity contribution in [3.8, 4) is 5.75 Å². The van der Waals surface area contributed by atoms with Crippen molar-refractivity contribution < 1.29 is 9.53 Å². The van der Waals surface area contributed by atoms with Gasteiger partial charge < -0.3 is 15.8 Å². The van der Waals surface area contributed by atoms with E-state index >= 15 is 0 Å². The van der Waals surface area contributed by atoms with Gasteiger partial charge in [-0.25, -0.2) is 0 Å². The Balaban J connectivity index is 0.00000220. The van der Waals surface area contributed by atoms with Gasteiger partial charge in [-0.15, -0.1) is 12.4 Å². The number of benzene rings is 1. The molecule has 1 aromatic carbocycles. The molecule has 1 saturated carbocycles. The smallest absolute Gasteiger partial charge is 0.223 e. The van der Waals surface area contributed by atoms with Crippen LogP contribution in [0, 0.1) is 6.92 Å². The molecule has 0 atom stereocenters. The van der Waals surface area contributed by atoms with Crippen LogP contribution in [-0.2, 0) is 4.79 Å². The normalized spacial score (nSPS) is 21.2. The topological polar surface area (TPSA) is 64.3 Å². The fourth-order valence-corrected chi connectivity index (χ4v) is 2.53. The lowest BCUT2D eigenvalue weighted by Gasteiger charge is -2.26. The van der Waals surface area contributed by atoms with E-state index in [1.807, 2.05) is 31.2 Å². The molecule has 1 aromatic rings. The molecule has 5 heteroatoms. The van der Waals surface area contributed by atoms with Gasteiger partial charge in [0.05, 0.1) is 13.0 Å². The number of aryl methyl sites for hydroxylation is 1. The molecule has 0 radical (unpaired) electrons. The van der Waals surface area contributed by atoms with Gasteiger partial charge in [0, 0.05) is 12.1 Å². The number of amides is 1. The van der Waals surface area contributed by atoms with Crippen LogP contribution in [0.1, 0.15) is 37.7 Å². The molecular weight excluding hydrogens is 288 g/mol. The number of rotatable bonds is 5. The maximum absolute atomic E-state index is 11.8. The molecule has 1 fully saturated rings. The third-order valence-electron chi connectivity index (χ3n) is 3.72. The molecule has 1 aliphatic carbocycles. The molecule has 0 aromatic heterocycles. The number of nitrogens with two attached hydrogens (primary N) is 1. The lowest BCUT2D eigenvalue weighted by atomic mass is 9.92. The molecule has 1 aliphatic rings. The van der Waals surface area contributed by atoms with Gasteiger partial charge in [-0.05, 0) is 50.3 Å². The Bertz CT molecular complexity index is 446. The second-order valence-electron chi connectivity index (χ2n) is 5.59. The summed E-state index contributed by atoms with van der Waals surface area (Å²) in [5.74, 6) is 0.888. The highest BCUT2D eigenvalue weighted by Gasteiger charge is 2.19. The van der Waals surface area contributed by atoms with E-state index in [4.69, 9.17) is 10.5 Å². The van der Waals surface area contributed by atoms with Gasteiger partial charge in [0.15, 0.2) is 0 Å². The van der Waals surface area contributed by atoms with E-state index in [1.165, 1.54) is 0 Å². The zero-order valence-corrected chi connectivity index (χ0v) is 13.3. The molecule has 0 heterocycles. The highest BCUT2D eigenvalue weighted by Crippen LogP contribution is 2.17. The molecule has 4 nitrogen and oxygen atoms in total. The molecule has 0 bridgehead atoms. The lowest BCUT2D eigenvalue weighted by molar-refractivity contribution is -0.122. The van der Waals surface area contributed by atoms with Crippen molar-refractivity contribution in [2.45, 2.75) is 51.1 Å². The maximum atomic E-state index is 11.8. The van der Waals surface area contributed by atoms with Crippen molar-refractivity contribution in [1.82, 2.24) is 5.32 Å². The van der Waals surface area contributed by atoms with Gasteiger partial charge in [0.25, 0.3) is 0 Å². The highest BCUT2D eigenvalue weighted by atomic mass is 35.5. The minimum Gasteiger partial charge on any atom is -0.493 e. The molecule has 0 unspecified atom stereocenters. The van der Waals surface area contributed by atoms with Crippen molar-refractivity contribution in [1.29, 1.82) is 0 Å². The molecule has 21 heavy (non-hydrogen) atoms. The monoisotopic (exact) mass is 312 g/mol. The Hall–Kier alpha value is -1.26. The van der Waals surface area contributed by atoms with Crippen LogP contribution in [0.4, 0.5) is 0 Å². The molecule has 118 valence electrons. The van der Waals surface area contributed by atoms with Crippen LogP contribution in [0.3, 0.4) is 0 Å². The summed E-state index contributed by atoms with van der Waals surface area (Å²) in [6.07, 6.45) is 4.39. The van der Waals surface area contributed by atoms with Crippen LogP contribution in [0.2, 0.25) is 0 Å². The van der Waals surface area contributed by atoms with E-state index in [1.54, 1.807) is 0 Å². The number of carbonyl (C=O) groups excluding carboxylic acids is 1. The quantitative estimate of drug-likeness (QED) is 0.878. The van der Waals surface area contributed by atoms with E-state index in [2.05, 4.69) is 5.32 Å². The molecule has 2 rings (SSSR count). The number of ether oxygens (including phenoxy) is 1. The molecule has 0 aliphatic heterocycles. The Morgan fingerprint density at radius 3 is 2.71 bits per heavy atom. The SMILES string of the molecule is Cc1cccc(OCCC(=O)NC2CCC(N)CC2)c1.Cl. The largest absolute Gasteiger partial charge is 0.493 e. The average Bonchev–Trinajstić information content (AvgIpc) is 2.41. The number of halogens is 1. The first kappa shape index (κ1) is 17.8. The second-order valence-corrected chi connectivity index (χ2v) is 5.59. The summed E-state index contributed by atoms with van der Waals surface area (Å²) in [6, 6.07) is 8.46. The maximum Gasteiger partial charge on any atom is 0.223 e. The Morgan fingerprint density at radius 1 is 1.33 bits per heavy atom. The predicted molar refractivity (Wildman–Crippen MR) is 86.9 cm³/mol. The van der Waals surface area contributed by atoms with Crippen molar-refractivity contribution in [3.05, 3.63) is 29.8 Å². The Morgan fingerprint density at radius 2 is 2.05 bits per heavy atom. The first-order valence-electron chi connectivity index (χ1n) is 7.38. The fourth-order valence-electron chi connectivity index (χ4n) is 2.53. The van der Waals surface area contributed by atoms with Crippen molar-refractivity contribution >= 4 is 18.3 Å². The lowest BCUT2D eigenvalue weighted by Crippen LogP contribution is -2.40. The van der Waals surface area contributed by atoms with Crippen LogP contribution in [0.25, 0.3) is 0 Å². The zero-order valence-electron chi connectivity index (χ0n) is 12.5. The molecule has 1 amide bonds. The van der Waals surface area contributed by atoms with Crippen molar-refractivity contribution in [2.24, 2.45) is 5.73 Å². The number of hydrogen-bond acceptors (Lipinski definition) is 3. The first-order valence-corrected chi connectivity index (χ1v) is 7.38. The number of hydrogen-bond donors (Lipinski definition) is 2. The van der Waals surface area contributed by atoms with Gasteiger partial charge in [0.1, 0.15) is 5.75 Å². The first-order chi connectivity index (χ1) is 9.63. The summed E-state index contributed by atoms with van der Waals surface area (Å²) in [7, 11) is 0. The van der Waals surface area contributed by atoms with Crippen LogP contribution in [-0.4, -0.2) is 24.6 Å². The van der Waals surface area contributed by atoms with Gasteiger partial charge in [-0.1, -0.05) is 12.1 Å². The van der Waals surface area contributed by atoms with E-state index < -0.39 is 0 Å². The predicted octanol–water partition coefficient (Wildman–Crippen LogP) is 2.57. The number of nitrogens with one attached hydrogen (secondary N) is 1. The Kier molecular flexibility index (Phi) is 7.54. The van der Waals surface area contributed by atoms with Gasteiger partial charge in [0.2, 0.25) is 5.91 Å². The molecule has 0 saturated heterocycles. The van der Waals surface area contributed by atoms with Gasteiger partial charge in [-0.2, -0.15) is 0 Å². The molecule has 3 N–H and O–H groups in total. The van der Waals surface area contributed by atoms with E-state index in [-0.39, 0.29) is 18.3 Å². The van der Waals surface area contributed by atoms with Crippen LogP contribution in [0.15, 0.2) is 24.3 Å². The van der Waals surface area contributed by atoms with E-state index in [0.29, 0.717) is 25.1 Å². The zero-order chi connectivity index (χ0) is 14.4. The van der Waals surface area contributed by atoms with Crippen molar-refractivity contribution in [2.75, 3.05) is 6.61 Å². The minimum atomic E-state index is 0. The fraction of sp³-hybridized carbons (Fsp3) is 0.562. The summed E-state index contributed by atoms with van der Waals surface area (Å²) < 4.78 is 5.58. The highest BCUT2D eigenvalue weighted by molar-refractivity contribution is 5.85. The van der Waals surface area contributed by atoms with Crippen molar-refractivity contribution in [3.63, 3.8) is 0 Å².